The average Bonchev–Trinajstić information content (AvgIpc) is 2.86. The third-order valence-corrected chi connectivity index (χ3v) is 6.45. The Balaban J connectivity index is 1.42. The molecule has 0 fully saturated rings. The maximum absolute atomic E-state index is 13.1. The lowest BCUT2D eigenvalue weighted by atomic mass is 9.71. The highest BCUT2D eigenvalue weighted by atomic mass is 16.7. The number of carbonyl (C=O) groups is 2. The third kappa shape index (κ3) is 3.85. The molecule has 0 saturated carbocycles. The van der Waals surface area contributed by atoms with Gasteiger partial charge in [0.15, 0.2) is 11.6 Å². The van der Waals surface area contributed by atoms with Gasteiger partial charge < -0.3 is 4.74 Å². The van der Waals surface area contributed by atoms with Gasteiger partial charge in [-0.3, -0.25) is 24.0 Å². The molecule has 1 aliphatic heterocycles. The predicted octanol–water partition coefficient (Wildman–Crippen LogP) is 1.26. The molecule has 0 radical (unpaired) electrons. The molecule has 10 heteroatoms. The zero-order chi connectivity index (χ0) is 23.7. The quantitative estimate of drug-likeness (QED) is 0.510. The van der Waals surface area contributed by atoms with E-state index in [4.69, 9.17) is 9.57 Å². The van der Waals surface area contributed by atoms with E-state index < -0.39 is 17.4 Å². The average molecular weight is 464 g/mol. The summed E-state index contributed by atoms with van der Waals surface area (Å²) in [4.78, 5) is 58.7. The summed E-state index contributed by atoms with van der Waals surface area (Å²) in [5, 5.41) is 0.577. The van der Waals surface area contributed by atoms with Crippen LogP contribution >= 0.6 is 0 Å². The van der Waals surface area contributed by atoms with Crippen LogP contribution in [0, 0.1) is 11.8 Å². The van der Waals surface area contributed by atoms with Gasteiger partial charge in [-0.05, 0) is 25.0 Å². The van der Waals surface area contributed by atoms with Crippen LogP contribution in [0.3, 0.4) is 0 Å². The van der Waals surface area contributed by atoms with Gasteiger partial charge in [0.25, 0.3) is 11.1 Å². The fourth-order valence-electron chi connectivity index (χ4n) is 4.74. The van der Waals surface area contributed by atoms with Crippen LogP contribution in [-0.4, -0.2) is 40.9 Å². The van der Waals surface area contributed by atoms with Gasteiger partial charge in [-0.15, -0.1) is 4.79 Å². The van der Waals surface area contributed by atoms with E-state index in [0.717, 1.165) is 4.79 Å². The number of hydrogen-bond donors (Lipinski definition) is 2. The zero-order valence-corrected chi connectivity index (χ0v) is 18.4. The number of nitrogens with one attached hydrogen (secondary N) is 2. The van der Waals surface area contributed by atoms with E-state index in [0.29, 0.717) is 29.4 Å². The Morgan fingerprint density at radius 1 is 0.735 bits per heavy atom. The Bertz CT molecular complexity index is 1270. The van der Waals surface area contributed by atoms with Gasteiger partial charge in [-0.2, -0.15) is 0 Å². The summed E-state index contributed by atoms with van der Waals surface area (Å²) in [5.41, 5.74) is 5.20. The lowest BCUT2D eigenvalue weighted by Gasteiger charge is -2.31. The molecule has 10 nitrogen and oxygen atoms in total. The number of hydrazine groups is 1. The van der Waals surface area contributed by atoms with E-state index >= 15 is 0 Å². The van der Waals surface area contributed by atoms with Crippen molar-refractivity contribution in [2.45, 2.75) is 19.4 Å². The number of benzene rings is 2. The molecule has 1 aliphatic carbocycles. The van der Waals surface area contributed by atoms with Gasteiger partial charge in [0.1, 0.15) is 0 Å². The van der Waals surface area contributed by atoms with Crippen LogP contribution in [0.4, 0.5) is 0 Å². The second-order valence-electron chi connectivity index (χ2n) is 8.33. The van der Waals surface area contributed by atoms with Gasteiger partial charge in [0, 0.05) is 29.6 Å². The number of nitrogens with zero attached hydrogens (tertiary/aromatic N) is 2. The summed E-state index contributed by atoms with van der Waals surface area (Å²) < 4.78 is 6.98. The number of ether oxygens (including phenoxy) is 1. The molecule has 2 aromatic carbocycles. The number of aromatic nitrogens is 2. The topological polar surface area (TPSA) is 121 Å². The highest BCUT2D eigenvalue weighted by Crippen LogP contribution is 2.34. The second-order valence-corrected chi connectivity index (χ2v) is 8.33. The van der Waals surface area contributed by atoms with E-state index in [1.54, 1.807) is 48.5 Å². The minimum atomic E-state index is -0.530. The fourth-order valence-corrected chi connectivity index (χ4v) is 4.74. The molecule has 5 rings (SSSR count). The van der Waals surface area contributed by atoms with Crippen LogP contribution in [0.1, 0.15) is 33.6 Å². The molecule has 0 bridgehead atoms. The van der Waals surface area contributed by atoms with Crippen molar-refractivity contribution in [3.8, 4) is 0 Å². The summed E-state index contributed by atoms with van der Waals surface area (Å²) in [5.74, 6) is -1.19. The van der Waals surface area contributed by atoms with Crippen LogP contribution in [0.2, 0.25) is 0 Å². The Kier molecular flexibility index (Phi) is 6.10. The maximum atomic E-state index is 13.1. The molecule has 2 atom stereocenters. The molecule has 0 spiro atoms. The van der Waals surface area contributed by atoms with Crippen molar-refractivity contribution in [2.75, 3.05) is 25.4 Å². The summed E-state index contributed by atoms with van der Waals surface area (Å²) in [6.45, 7) is 0.567. The van der Waals surface area contributed by atoms with Gasteiger partial charge in [0.05, 0.1) is 30.5 Å². The standard InChI is InChI=1S/C24H24N4O6/c29-21-15-5-1-2-6-16(15)22(30)18-10-13-34-26-25-28-24(32)20-8-4-3-7-19(20)23(31)27(28)11-14-33-12-9-17(18)21/h1-8,17-18,25-26H,9-14H2. The van der Waals surface area contributed by atoms with E-state index in [1.807, 2.05) is 0 Å². The first kappa shape index (κ1) is 22.2. The molecule has 0 amide bonds. The maximum Gasteiger partial charge on any atom is 0.293 e. The molecule has 34 heavy (non-hydrogen) atoms. The normalized spacial score (nSPS) is 21.6. The first-order valence-electron chi connectivity index (χ1n) is 11.2. The van der Waals surface area contributed by atoms with Gasteiger partial charge in [-0.25, -0.2) is 10.2 Å². The number of fused-ring (bicyclic) bond motifs is 4. The summed E-state index contributed by atoms with van der Waals surface area (Å²) in [6, 6.07) is 13.4. The molecule has 3 aromatic rings. The van der Waals surface area contributed by atoms with Crippen molar-refractivity contribution >= 4 is 22.3 Å². The molecule has 2 unspecified atom stereocenters. The van der Waals surface area contributed by atoms with Crippen molar-refractivity contribution in [1.29, 1.82) is 0 Å². The summed E-state index contributed by atoms with van der Waals surface area (Å²) in [7, 11) is 0. The Hall–Kier alpha value is -3.60. The van der Waals surface area contributed by atoms with Crippen molar-refractivity contribution in [3.63, 3.8) is 0 Å². The number of hydrogen-bond acceptors (Lipinski definition) is 8. The molecule has 2 aliphatic rings. The minimum Gasteiger partial charge on any atom is -0.380 e. The number of Topliss-reactive ketones (excluding diaryl/α,β-unsaturated/α-hetero) is 2. The number of carbonyl (C=O) groups excluding carboxylic acids is 2. The van der Waals surface area contributed by atoms with Crippen LogP contribution in [0.25, 0.3) is 10.8 Å². The molecule has 2 heterocycles. The number of ketones is 2. The number of rotatable bonds is 0. The van der Waals surface area contributed by atoms with Crippen molar-refractivity contribution in [1.82, 2.24) is 15.1 Å². The summed E-state index contributed by atoms with van der Waals surface area (Å²) >= 11 is 0. The minimum absolute atomic E-state index is 0.0680. The third-order valence-electron chi connectivity index (χ3n) is 6.45. The van der Waals surface area contributed by atoms with Crippen LogP contribution in [0.15, 0.2) is 58.1 Å². The van der Waals surface area contributed by atoms with Crippen molar-refractivity contribution in [3.05, 3.63) is 80.4 Å². The monoisotopic (exact) mass is 464 g/mol. The van der Waals surface area contributed by atoms with Crippen molar-refractivity contribution in [2.24, 2.45) is 11.8 Å². The second kappa shape index (κ2) is 9.34. The molecular weight excluding hydrogens is 440 g/mol. The van der Waals surface area contributed by atoms with Gasteiger partial charge in [-0.1, -0.05) is 42.0 Å². The lowest BCUT2D eigenvalue weighted by molar-refractivity contribution is 0.0218. The van der Waals surface area contributed by atoms with E-state index in [2.05, 4.69) is 11.1 Å². The molecule has 2 N–H and O–H groups in total. The highest BCUT2D eigenvalue weighted by molar-refractivity contribution is 6.15. The largest absolute Gasteiger partial charge is 0.380 e. The zero-order valence-electron chi connectivity index (χ0n) is 18.4. The Labute approximate surface area is 194 Å². The van der Waals surface area contributed by atoms with Crippen LogP contribution in [0.5, 0.6) is 0 Å². The van der Waals surface area contributed by atoms with E-state index in [9.17, 15) is 19.2 Å². The predicted molar refractivity (Wildman–Crippen MR) is 123 cm³/mol. The smallest absolute Gasteiger partial charge is 0.293 e. The van der Waals surface area contributed by atoms with Crippen LogP contribution < -0.4 is 22.2 Å². The van der Waals surface area contributed by atoms with E-state index in [1.165, 1.54) is 4.68 Å². The van der Waals surface area contributed by atoms with E-state index in [-0.39, 0.29) is 48.9 Å². The SMILES string of the molecule is O=C1c2ccccc2C(=O)C2CCONNn3c(=O)c4ccccc4c(=O)n3CCOCCC12. The van der Waals surface area contributed by atoms with Gasteiger partial charge in [0.2, 0.25) is 0 Å². The van der Waals surface area contributed by atoms with Gasteiger partial charge >= 0.3 is 0 Å². The fraction of sp³-hybridized carbons (Fsp3) is 0.333. The lowest BCUT2D eigenvalue weighted by Crippen LogP contribution is -2.48. The first-order chi connectivity index (χ1) is 16.6. The first-order valence-corrected chi connectivity index (χ1v) is 11.2. The molecule has 0 saturated heterocycles. The molecule has 1 aromatic heterocycles. The molecular formula is C24H24N4O6. The molecule has 176 valence electrons. The van der Waals surface area contributed by atoms with Crippen molar-refractivity contribution < 1.29 is 19.2 Å². The Morgan fingerprint density at radius 2 is 1.32 bits per heavy atom. The Morgan fingerprint density at radius 3 is 2.00 bits per heavy atom. The summed E-state index contributed by atoms with van der Waals surface area (Å²) in [6.07, 6.45) is 0.673. The highest BCUT2D eigenvalue weighted by Gasteiger charge is 2.40. The van der Waals surface area contributed by atoms with Crippen LogP contribution in [-0.2, 0) is 16.1 Å².